The van der Waals surface area contributed by atoms with Crippen LogP contribution in [0.1, 0.15) is 33.2 Å². The molecule has 1 heterocycles. The Bertz CT molecular complexity index is 1060. The van der Waals surface area contributed by atoms with Gasteiger partial charge in [-0.25, -0.2) is 0 Å². The lowest BCUT2D eigenvalue weighted by Crippen LogP contribution is -2.28. The molecule has 0 aromatic heterocycles. The summed E-state index contributed by atoms with van der Waals surface area (Å²) in [6.45, 7) is 3.68. The summed E-state index contributed by atoms with van der Waals surface area (Å²) in [4.78, 5) is 29.4. The maximum absolute atomic E-state index is 12.9. The molecule has 0 atom stereocenters. The minimum absolute atomic E-state index is 0.0199. The van der Waals surface area contributed by atoms with Gasteiger partial charge in [-0.1, -0.05) is 18.2 Å². The average Bonchev–Trinajstić information content (AvgIpc) is 3.23. The van der Waals surface area contributed by atoms with Gasteiger partial charge in [0.25, 0.3) is 11.8 Å². The Labute approximate surface area is 176 Å². The van der Waals surface area contributed by atoms with Crippen molar-refractivity contribution in [1.82, 2.24) is 0 Å². The molecule has 0 saturated heterocycles. The summed E-state index contributed by atoms with van der Waals surface area (Å²) in [5.41, 5.74) is 5.12. The molecule has 3 aromatic rings. The number of carbonyl (C=O) groups is 2. The van der Waals surface area contributed by atoms with Crippen molar-refractivity contribution in [2.45, 2.75) is 13.3 Å². The number of carbonyl (C=O) groups excluding carboxylic acids is 2. The van der Waals surface area contributed by atoms with E-state index in [-0.39, 0.29) is 11.8 Å². The highest BCUT2D eigenvalue weighted by molar-refractivity contribution is 6.08. The summed E-state index contributed by atoms with van der Waals surface area (Å²) in [6.07, 6.45) is 0.878. The molecular formula is C25H25N3O2. The molecule has 1 aliphatic rings. The molecule has 3 aromatic carbocycles. The van der Waals surface area contributed by atoms with Gasteiger partial charge in [0, 0.05) is 48.3 Å². The van der Waals surface area contributed by atoms with E-state index in [1.54, 1.807) is 24.3 Å². The fourth-order valence-corrected chi connectivity index (χ4v) is 3.65. The summed E-state index contributed by atoms with van der Waals surface area (Å²) in [5, 5.41) is 2.89. The first-order chi connectivity index (χ1) is 14.6. The van der Waals surface area contributed by atoms with E-state index in [1.165, 1.54) is 5.56 Å². The topological polar surface area (TPSA) is 52.7 Å². The van der Waals surface area contributed by atoms with Gasteiger partial charge in [-0.3, -0.25) is 9.59 Å². The number of hydrogen-bond acceptors (Lipinski definition) is 3. The Morgan fingerprint density at radius 2 is 1.60 bits per heavy atom. The first-order valence-electron chi connectivity index (χ1n) is 10.2. The molecule has 0 fully saturated rings. The van der Waals surface area contributed by atoms with Crippen molar-refractivity contribution < 1.29 is 9.59 Å². The monoisotopic (exact) mass is 399 g/mol. The summed E-state index contributed by atoms with van der Waals surface area (Å²) in [5.74, 6) is -0.193. The molecule has 152 valence electrons. The third-order valence-electron chi connectivity index (χ3n) is 5.57. The standard InChI is InChI=1S/C25H25N3O2/c1-3-27(2)22-14-10-19(11-15-22)24(29)26-21-12-8-20(9-13-21)25(30)28-17-16-18-6-4-5-7-23(18)28/h4-15H,3,16-17H2,1-2H3,(H,26,29). The Morgan fingerprint density at radius 3 is 2.30 bits per heavy atom. The van der Waals surface area contributed by atoms with Gasteiger partial charge in [0.1, 0.15) is 0 Å². The van der Waals surface area contributed by atoms with Crippen LogP contribution in [-0.2, 0) is 6.42 Å². The van der Waals surface area contributed by atoms with Crippen molar-refractivity contribution in [2.75, 3.05) is 35.3 Å². The predicted octanol–water partition coefficient (Wildman–Crippen LogP) is 4.60. The number of nitrogens with zero attached hydrogens (tertiary/aromatic N) is 2. The summed E-state index contributed by atoms with van der Waals surface area (Å²) in [7, 11) is 2.01. The van der Waals surface area contributed by atoms with E-state index in [9.17, 15) is 9.59 Å². The van der Waals surface area contributed by atoms with Gasteiger partial charge in [-0.15, -0.1) is 0 Å². The van der Waals surface area contributed by atoms with Crippen LogP contribution in [0.5, 0.6) is 0 Å². The van der Waals surface area contributed by atoms with Gasteiger partial charge in [0.15, 0.2) is 0 Å². The first-order valence-corrected chi connectivity index (χ1v) is 10.2. The molecule has 2 amide bonds. The van der Waals surface area contributed by atoms with E-state index in [0.717, 1.165) is 24.3 Å². The maximum atomic E-state index is 12.9. The van der Waals surface area contributed by atoms with Crippen molar-refractivity contribution in [3.8, 4) is 0 Å². The number of rotatable bonds is 5. The van der Waals surface area contributed by atoms with E-state index in [4.69, 9.17) is 0 Å². The van der Waals surface area contributed by atoms with Crippen LogP contribution in [0.25, 0.3) is 0 Å². The molecule has 5 nitrogen and oxygen atoms in total. The minimum Gasteiger partial charge on any atom is -0.375 e. The zero-order valence-corrected chi connectivity index (χ0v) is 17.3. The lowest BCUT2D eigenvalue weighted by atomic mass is 10.1. The molecule has 1 N–H and O–H groups in total. The van der Waals surface area contributed by atoms with Crippen LogP contribution < -0.4 is 15.1 Å². The molecule has 30 heavy (non-hydrogen) atoms. The smallest absolute Gasteiger partial charge is 0.258 e. The highest BCUT2D eigenvalue weighted by Gasteiger charge is 2.25. The number of anilines is 3. The first kappa shape index (κ1) is 19.7. The summed E-state index contributed by atoms with van der Waals surface area (Å²) in [6, 6.07) is 22.6. The second-order valence-electron chi connectivity index (χ2n) is 7.43. The third-order valence-corrected chi connectivity index (χ3v) is 5.57. The molecule has 0 radical (unpaired) electrons. The quantitative estimate of drug-likeness (QED) is 0.682. The highest BCUT2D eigenvalue weighted by Crippen LogP contribution is 2.29. The number of benzene rings is 3. The van der Waals surface area contributed by atoms with Crippen LogP contribution >= 0.6 is 0 Å². The molecule has 0 bridgehead atoms. The van der Waals surface area contributed by atoms with Gasteiger partial charge in [-0.2, -0.15) is 0 Å². The molecule has 5 heteroatoms. The lowest BCUT2D eigenvalue weighted by Gasteiger charge is -2.18. The predicted molar refractivity (Wildman–Crippen MR) is 122 cm³/mol. The Kier molecular flexibility index (Phi) is 5.53. The van der Waals surface area contributed by atoms with Crippen LogP contribution in [0, 0.1) is 0 Å². The van der Waals surface area contributed by atoms with Gasteiger partial charge in [-0.05, 0) is 73.5 Å². The van der Waals surface area contributed by atoms with Gasteiger partial charge < -0.3 is 15.1 Å². The fourth-order valence-electron chi connectivity index (χ4n) is 3.65. The molecule has 0 aliphatic carbocycles. The summed E-state index contributed by atoms with van der Waals surface area (Å²) < 4.78 is 0. The van der Waals surface area contributed by atoms with E-state index in [2.05, 4.69) is 23.2 Å². The lowest BCUT2D eigenvalue weighted by molar-refractivity contribution is 0.0988. The minimum atomic E-state index is -0.173. The molecule has 1 aliphatic heterocycles. The zero-order valence-electron chi connectivity index (χ0n) is 17.3. The van der Waals surface area contributed by atoms with Gasteiger partial charge >= 0.3 is 0 Å². The van der Waals surface area contributed by atoms with Crippen LogP contribution in [0.2, 0.25) is 0 Å². The number of fused-ring (bicyclic) bond motifs is 1. The van der Waals surface area contributed by atoms with Crippen molar-refractivity contribution in [1.29, 1.82) is 0 Å². The largest absolute Gasteiger partial charge is 0.375 e. The SMILES string of the molecule is CCN(C)c1ccc(C(=O)Nc2ccc(C(=O)N3CCc4ccccc43)cc2)cc1. The Morgan fingerprint density at radius 1 is 0.933 bits per heavy atom. The van der Waals surface area contributed by atoms with Crippen LogP contribution in [0.15, 0.2) is 72.8 Å². The Balaban J connectivity index is 1.42. The van der Waals surface area contributed by atoms with E-state index in [0.29, 0.717) is 23.4 Å². The second kappa shape index (κ2) is 8.41. The maximum Gasteiger partial charge on any atom is 0.258 e. The zero-order chi connectivity index (χ0) is 21.1. The fraction of sp³-hybridized carbons (Fsp3) is 0.200. The van der Waals surface area contributed by atoms with E-state index in [1.807, 2.05) is 54.4 Å². The summed E-state index contributed by atoms with van der Waals surface area (Å²) >= 11 is 0. The van der Waals surface area contributed by atoms with Gasteiger partial charge in [0.05, 0.1) is 0 Å². The second-order valence-corrected chi connectivity index (χ2v) is 7.43. The third kappa shape index (κ3) is 3.92. The Hall–Kier alpha value is -3.60. The van der Waals surface area contributed by atoms with Crippen molar-refractivity contribution in [2.24, 2.45) is 0 Å². The average molecular weight is 399 g/mol. The van der Waals surface area contributed by atoms with E-state index >= 15 is 0 Å². The number of nitrogens with one attached hydrogen (secondary N) is 1. The molecule has 4 rings (SSSR count). The molecular weight excluding hydrogens is 374 g/mol. The highest BCUT2D eigenvalue weighted by atomic mass is 16.2. The normalized spacial score (nSPS) is 12.4. The van der Waals surface area contributed by atoms with Crippen LogP contribution in [0.3, 0.4) is 0 Å². The van der Waals surface area contributed by atoms with Crippen molar-refractivity contribution in [3.63, 3.8) is 0 Å². The number of hydrogen-bond donors (Lipinski definition) is 1. The molecule has 0 spiro atoms. The number of amides is 2. The molecule has 0 unspecified atom stereocenters. The van der Waals surface area contributed by atoms with Crippen LogP contribution in [-0.4, -0.2) is 32.0 Å². The van der Waals surface area contributed by atoms with Crippen LogP contribution in [0.4, 0.5) is 17.1 Å². The molecule has 0 saturated carbocycles. The number of para-hydroxylation sites is 1. The van der Waals surface area contributed by atoms with E-state index < -0.39 is 0 Å². The van der Waals surface area contributed by atoms with Gasteiger partial charge in [0.2, 0.25) is 0 Å². The van der Waals surface area contributed by atoms with Crippen molar-refractivity contribution in [3.05, 3.63) is 89.5 Å². The van der Waals surface area contributed by atoms with Crippen molar-refractivity contribution >= 4 is 28.9 Å².